The van der Waals surface area contributed by atoms with Gasteiger partial charge in [0.05, 0.1) is 18.0 Å². The maximum atomic E-state index is 11.7. The third-order valence-corrected chi connectivity index (χ3v) is 3.76. The molecule has 1 fully saturated rings. The maximum Gasteiger partial charge on any atom is 0.169 e. The van der Waals surface area contributed by atoms with E-state index in [-0.39, 0.29) is 11.9 Å². The predicted molar refractivity (Wildman–Crippen MR) is 57.9 cm³/mol. The van der Waals surface area contributed by atoms with Crippen molar-refractivity contribution in [2.45, 2.75) is 12.5 Å². The van der Waals surface area contributed by atoms with Gasteiger partial charge in [0, 0.05) is 23.1 Å². The van der Waals surface area contributed by atoms with E-state index in [1.807, 2.05) is 5.38 Å². The molecule has 1 aliphatic heterocycles. The van der Waals surface area contributed by atoms with E-state index in [1.54, 1.807) is 18.0 Å². The molecule has 76 valence electrons. The zero-order valence-corrected chi connectivity index (χ0v) is 9.27. The molecule has 5 heteroatoms. The number of hydrogen-bond donors (Lipinski definition) is 0. The third kappa shape index (κ3) is 2.56. The fraction of sp³-hybridized carbons (Fsp3) is 0.556. The molecule has 0 amide bonds. The van der Waals surface area contributed by atoms with Gasteiger partial charge in [-0.25, -0.2) is 4.98 Å². The van der Waals surface area contributed by atoms with E-state index >= 15 is 0 Å². The number of carbonyl (C=O) groups is 1. The number of carbonyl (C=O) groups excluding carboxylic acids is 1. The Kier molecular flexibility index (Phi) is 3.55. The summed E-state index contributed by atoms with van der Waals surface area (Å²) in [6.45, 7) is 0.693. The molecule has 2 heterocycles. The van der Waals surface area contributed by atoms with Crippen LogP contribution in [0.15, 0.2) is 11.6 Å². The smallest absolute Gasteiger partial charge is 0.169 e. The summed E-state index contributed by atoms with van der Waals surface area (Å²) < 4.78 is 5.39. The van der Waals surface area contributed by atoms with Crippen LogP contribution in [-0.4, -0.2) is 35.0 Å². The number of aromatic nitrogens is 1. The number of hydrogen-bond acceptors (Lipinski definition) is 5. The van der Waals surface area contributed by atoms with Crippen molar-refractivity contribution in [3.63, 3.8) is 0 Å². The Labute approximate surface area is 90.9 Å². The van der Waals surface area contributed by atoms with Crippen molar-refractivity contribution in [3.05, 3.63) is 16.6 Å². The molecule has 1 aromatic rings. The average Bonchev–Trinajstić information content (AvgIpc) is 2.72. The minimum atomic E-state index is -0.211. The second-order valence-electron chi connectivity index (χ2n) is 3.00. The van der Waals surface area contributed by atoms with Gasteiger partial charge in [-0.1, -0.05) is 0 Å². The number of nitrogens with zero attached hydrogens (tertiary/aromatic N) is 1. The van der Waals surface area contributed by atoms with E-state index in [0.29, 0.717) is 13.0 Å². The second kappa shape index (κ2) is 4.91. The Morgan fingerprint density at radius 3 is 3.29 bits per heavy atom. The summed E-state index contributed by atoms with van der Waals surface area (Å²) in [5, 5.41) is 2.77. The fourth-order valence-electron chi connectivity index (χ4n) is 1.28. The summed E-state index contributed by atoms with van der Waals surface area (Å²) in [6.07, 6.45) is 1.93. The van der Waals surface area contributed by atoms with Gasteiger partial charge < -0.3 is 4.74 Å². The molecule has 0 radical (unpaired) electrons. The lowest BCUT2D eigenvalue weighted by molar-refractivity contribution is -0.128. The minimum absolute atomic E-state index is 0.159. The Bertz CT molecular complexity index is 294. The molecular formula is C9H11NO2S2. The van der Waals surface area contributed by atoms with Crippen LogP contribution in [-0.2, 0) is 16.0 Å². The molecule has 2 rings (SSSR count). The molecule has 1 atom stereocenters. The number of rotatable bonds is 3. The molecule has 1 unspecified atom stereocenters. The van der Waals surface area contributed by atoms with Crippen LogP contribution in [0.2, 0.25) is 0 Å². The number of Topliss-reactive ketones (excluding diaryl/α,β-unsaturated/α-hetero) is 1. The molecule has 0 aliphatic carbocycles. The average molecular weight is 229 g/mol. The summed E-state index contributed by atoms with van der Waals surface area (Å²) in [7, 11) is 0. The van der Waals surface area contributed by atoms with Crippen molar-refractivity contribution >= 4 is 28.9 Å². The normalized spacial score (nSPS) is 22.1. The first-order valence-corrected chi connectivity index (χ1v) is 6.50. The first kappa shape index (κ1) is 10.1. The predicted octanol–water partition coefficient (Wildman–Crippen LogP) is 1.39. The van der Waals surface area contributed by atoms with Crippen LogP contribution in [0.1, 0.15) is 5.01 Å². The highest BCUT2D eigenvalue weighted by Crippen LogP contribution is 2.15. The van der Waals surface area contributed by atoms with Crippen LogP contribution in [0.4, 0.5) is 0 Å². The van der Waals surface area contributed by atoms with Crippen LogP contribution in [0.25, 0.3) is 0 Å². The number of ether oxygens (including phenoxy) is 1. The van der Waals surface area contributed by atoms with Gasteiger partial charge in [0.2, 0.25) is 0 Å². The van der Waals surface area contributed by atoms with Gasteiger partial charge in [-0.15, -0.1) is 11.3 Å². The van der Waals surface area contributed by atoms with Crippen molar-refractivity contribution in [3.8, 4) is 0 Å². The Morgan fingerprint density at radius 2 is 2.64 bits per heavy atom. The zero-order chi connectivity index (χ0) is 9.80. The fourth-order valence-corrected chi connectivity index (χ4v) is 2.78. The van der Waals surface area contributed by atoms with E-state index < -0.39 is 0 Å². The highest BCUT2D eigenvalue weighted by Gasteiger charge is 2.22. The first-order chi connectivity index (χ1) is 6.86. The van der Waals surface area contributed by atoms with Crippen molar-refractivity contribution < 1.29 is 9.53 Å². The monoisotopic (exact) mass is 229 g/mol. The summed E-state index contributed by atoms with van der Waals surface area (Å²) in [6, 6.07) is 0. The van der Waals surface area contributed by atoms with Crippen molar-refractivity contribution in [1.29, 1.82) is 0 Å². The second-order valence-corrected chi connectivity index (χ2v) is 5.13. The van der Waals surface area contributed by atoms with E-state index in [9.17, 15) is 4.79 Å². The van der Waals surface area contributed by atoms with Crippen LogP contribution >= 0.6 is 23.1 Å². The summed E-state index contributed by atoms with van der Waals surface area (Å²) in [5.41, 5.74) is 0. The van der Waals surface area contributed by atoms with Gasteiger partial charge >= 0.3 is 0 Å². The van der Waals surface area contributed by atoms with E-state index in [0.717, 1.165) is 16.5 Å². The lowest BCUT2D eigenvalue weighted by Gasteiger charge is -2.20. The van der Waals surface area contributed by atoms with Gasteiger partial charge in [-0.05, 0) is 0 Å². The third-order valence-electron chi connectivity index (χ3n) is 1.98. The zero-order valence-electron chi connectivity index (χ0n) is 7.64. The Balaban J connectivity index is 1.88. The van der Waals surface area contributed by atoms with E-state index in [1.165, 1.54) is 11.3 Å². The van der Waals surface area contributed by atoms with E-state index in [4.69, 9.17) is 4.74 Å². The lowest BCUT2D eigenvalue weighted by atomic mass is 10.2. The molecule has 1 aliphatic rings. The molecule has 0 bridgehead atoms. The van der Waals surface area contributed by atoms with Gasteiger partial charge in [-0.2, -0.15) is 11.8 Å². The highest BCUT2D eigenvalue weighted by molar-refractivity contribution is 7.99. The van der Waals surface area contributed by atoms with Crippen molar-refractivity contribution in [2.75, 3.05) is 18.1 Å². The number of thiazole rings is 1. The molecule has 0 aromatic carbocycles. The molecule has 1 aromatic heterocycles. The van der Waals surface area contributed by atoms with Gasteiger partial charge in [0.25, 0.3) is 0 Å². The molecule has 0 saturated carbocycles. The van der Waals surface area contributed by atoms with Gasteiger partial charge in [0.1, 0.15) is 6.10 Å². The standard InChI is InChI=1S/C9H11NO2S2/c11-7(5-9-10-1-3-14-9)8-6-13-4-2-12-8/h1,3,8H,2,4-6H2. The van der Waals surface area contributed by atoms with Gasteiger partial charge in [-0.3, -0.25) is 4.79 Å². The largest absolute Gasteiger partial charge is 0.369 e. The van der Waals surface area contributed by atoms with E-state index in [2.05, 4.69) is 4.98 Å². The molecule has 0 spiro atoms. The van der Waals surface area contributed by atoms with Crippen LogP contribution < -0.4 is 0 Å². The minimum Gasteiger partial charge on any atom is -0.369 e. The molecule has 3 nitrogen and oxygen atoms in total. The summed E-state index contributed by atoms with van der Waals surface area (Å²) in [5.74, 6) is 1.96. The SMILES string of the molecule is O=C(Cc1nccs1)C1CSCCO1. The van der Waals surface area contributed by atoms with Crippen LogP contribution in [0, 0.1) is 0 Å². The van der Waals surface area contributed by atoms with Crippen molar-refractivity contribution in [1.82, 2.24) is 4.98 Å². The Morgan fingerprint density at radius 1 is 1.71 bits per heavy atom. The lowest BCUT2D eigenvalue weighted by Crippen LogP contribution is -2.32. The van der Waals surface area contributed by atoms with Gasteiger partial charge in [0.15, 0.2) is 5.78 Å². The van der Waals surface area contributed by atoms with Crippen molar-refractivity contribution in [2.24, 2.45) is 0 Å². The summed E-state index contributed by atoms with van der Waals surface area (Å²) in [4.78, 5) is 15.8. The molecule has 14 heavy (non-hydrogen) atoms. The molecule has 1 saturated heterocycles. The number of thioether (sulfide) groups is 1. The maximum absolute atomic E-state index is 11.7. The first-order valence-electron chi connectivity index (χ1n) is 4.46. The Hall–Kier alpha value is -0.390. The molecular weight excluding hydrogens is 218 g/mol. The van der Waals surface area contributed by atoms with Crippen LogP contribution in [0.5, 0.6) is 0 Å². The number of ketones is 1. The topological polar surface area (TPSA) is 39.2 Å². The quantitative estimate of drug-likeness (QED) is 0.785. The molecule has 0 N–H and O–H groups in total. The van der Waals surface area contributed by atoms with Crippen LogP contribution in [0.3, 0.4) is 0 Å². The summed E-state index contributed by atoms with van der Waals surface area (Å²) >= 11 is 3.30. The highest BCUT2D eigenvalue weighted by atomic mass is 32.2.